The third kappa shape index (κ3) is 4.05. The average Bonchev–Trinajstić information content (AvgIpc) is 2.86. The summed E-state index contributed by atoms with van der Waals surface area (Å²) < 4.78 is 0. The van der Waals surface area contributed by atoms with Crippen LogP contribution in [-0.2, 0) is 6.42 Å². The molecule has 1 heterocycles. The molecule has 3 heteroatoms. The molecule has 1 atom stereocenters. The number of anilines is 1. The lowest BCUT2D eigenvalue weighted by Crippen LogP contribution is -2.40. The Morgan fingerprint density at radius 1 is 0.917 bits per heavy atom. The Hall–Kier alpha value is -3.01. The molecule has 2 nitrogen and oxygen atoms in total. The molecule has 1 aliphatic heterocycles. The van der Waals surface area contributed by atoms with E-state index in [1.165, 1.54) is 65.7 Å². The van der Waals surface area contributed by atoms with Crippen molar-refractivity contribution >= 4 is 23.0 Å². The number of likely N-dealkylation sites (N-methyl/N-ethyl adjacent to an activating group) is 1. The van der Waals surface area contributed by atoms with Gasteiger partial charge in [0.05, 0.1) is 11.4 Å². The molecular formula is C33H34N2S. The summed E-state index contributed by atoms with van der Waals surface area (Å²) in [5.74, 6) is 0. The van der Waals surface area contributed by atoms with E-state index in [9.17, 15) is 0 Å². The van der Waals surface area contributed by atoms with Gasteiger partial charge in [-0.15, -0.1) is 0 Å². The lowest BCUT2D eigenvalue weighted by atomic mass is 9.78. The van der Waals surface area contributed by atoms with Crippen LogP contribution in [0.1, 0.15) is 46.7 Å². The number of benzene rings is 3. The molecule has 2 aliphatic carbocycles. The summed E-state index contributed by atoms with van der Waals surface area (Å²) in [5.41, 5.74) is 13.9. The zero-order chi connectivity index (χ0) is 25.0. The number of allylic oxidation sites excluding steroid dienone is 3. The topological polar surface area (TPSA) is 6.48 Å². The van der Waals surface area contributed by atoms with Crippen LogP contribution >= 0.6 is 11.8 Å². The molecule has 0 aromatic heterocycles. The summed E-state index contributed by atoms with van der Waals surface area (Å²) in [6.45, 7) is 7.69. The first-order valence-electron chi connectivity index (χ1n) is 12.9. The molecule has 6 rings (SSSR count). The lowest BCUT2D eigenvalue weighted by molar-refractivity contribution is 0.318. The molecule has 0 fully saturated rings. The van der Waals surface area contributed by atoms with Crippen LogP contribution in [0.5, 0.6) is 0 Å². The second-order valence-electron chi connectivity index (χ2n) is 10.7. The number of para-hydroxylation sites is 1. The molecule has 3 aliphatic rings. The van der Waals surface area contributed by atoms with E-state index in [1.54, 1.807) is 0 Å². The van der Waals surface area contributed by atoms with E-state index in [0.29, 0.717) is 6.04 Å². The molecule has 0 saturated carbocycles. The Morgan fingerprint density at radius 3 is 2.25 bits per heavy atom. The molecular weight excluding hydrogens is 456 g/mol. The number of hydrogen-bond donors (Lipinski definition) is 0. The van der Waals surface area contributed by atoms with Gasteiger partial charge < -0.3 is 9.80 Å². The van der Waals surface area contributed by atoms with E-state index in [1.807, 2.05) is 11.8 Å². The number of hydrogen-bond acceptors (Lipinski definition) is 3. The second kappa shape index (κ2) is 9.14. The Morgan fingerprint density at radius 2 is 1.58 bits per heavy atom. The maximum atomic E-state index is 2.55. The van der Waals surface area contributed by atoms with Gasteiger partial charge in [0, 0.05) is 22.4 Å². The van der Waals surface area contributed by atoms with Crippen LogP contribution in [0.15, 0.2) is 93.9 Å². The first kappa shape index (κ1) is 23.4. The van der Waals surface area contributed by atoms with Crippen LogP contribution in [0.25, 0.3) is 5.57 Å². The van der Waals surface area contributed by atoms with Gasteiger partial charge in [0.1, 0.15) is 0 Å². The number of thioether (sulfide) groups is 1. The fourth-order valence-electron chi connectivity index (χ4n) is 5.64. The van der Waals surface area contributed by atoms with Crippen molar-refractivity contribution in [3.63, 3.8) is 0 Å². The highest BCUT2D eigenvalue weighted by Gasteiger charge is 2.31. The number of aryl methyl sites for hydroxylation is 2. The van der Waals surface area contributed by atoms with E-state index in [4.69, 9.17) is 0 Å². The highest BCUT2D eigenvalue weighted by Crippen LogP contribution is 2.50. The minimum atomic E-state index is 0.434. The molecule has 0 bridgehead atoms. The molecule has 0 radical (unpaired) electrons. The summed E-state index contributed by atoms with van der Waals surface area (Å²) in [6, 6.07) is 23.3. The van der Waals surface area contributed by atoms with E-state index < -0.39 is 0 Å². The van der Waals surface area contributed by atoms with Crippen LogP contribution in [0.3, 0.4) is 0 Å². The molecule has 0 N–H and O–H groups in total. The summed E-state index contributed by atoms with van der Waals surface area (Å²) in [5, 5.41) is 0. The Kier molecular flexibility index (Phi) is 5.94. The zero-order valence-electron chi connectivity index (χ0n) is 21.9. The summed E-state index contributed by atoms with van der Waals surface area (Å²) in [7, 11) is 4.35. The number of nitrogens with zero attached hydrogens (tertiary/aromatic N) is 2. The van der Waals surface area contributed by atoms with Gasteiger partial charge in [-0.25, -0.2) is 0 Å². The minimum Gasteiger partial charge on any atom is -0.338 e. The van der Waals surface area contributed by atoms with Gasteiger partial charge in [-0.1, -0.05) is 77.5 Å². The van der Waals surface area contributed by atoms with Crippen LogP contribution in [0.4, 0.5) is 5.69 Å². The molecule has 0 saturated heterocycles. The van der Waals surface area contributed by atoms with E-state index >= 15 is 0 Å². The third-order valence-corrected chi connectivity index (χ3v) is 8.99. The van der Waals surface area contributed by atoms with E-state index in [2.05, 4.69) is 117 Å². The molecule has 1 unspecified atom stereocenters. The van der Waals surface area contributed by atoms with Crippen molar-refractivity contribution in [1.29, 1.82) is 0 Å². The van der Waals surface area contributed by atoms with Crippen molar-refractivity contribution in [1.82, 2.24) is 4.90 Å². The van der Waals surface area contributed by atoms with Gasteiger partial charge in [0.15, 0.2) is 0 Å². The van der Waals surface area contributed by atoms with Crippen molar-refractivity contribution in [2.75, 3.05) is 25.5 Å². The largest absolute Gasteiger partial charge is 0.338 e. The number of fused-ring (bicyclic) bond motifs is 4. The number of rotatable bonds is 3. The highest BCUT2D eigenvalue weighted by molar-refractivity contribution is 8.03. The summed E-state index contributed by atoms with van der Waals surface area (Å²) >= 11 is 1.92. The predicted octanol–water partition coefficient (Wildman–Crippen LogP) is 7.74. The van der Waals surface area contributed by atoms with Crippen molar-refractivity contribution in [3.05, 3.63) is 122 Å². The lowest BCUT2D eigenvalue weighted by Gasteiger charge is -2.39. The predicted molar refractivity (Wildman–Crippen MR) is 155 cm³/mol. The van der Waals surface area contributed by atoms with Crippen molar-refractivity contribution < 1.29 is 0 Å². The summed E-state index contributed by atoms with van der Waals surface area (Å²) in [4.78, 5) is 7.60. The smallest absolute Gasteiger partial charge is 0.0553 e. The zero-order valence-corrected chi connectivity index (χ0v) is 22.7. The van der Waals surface area contributed by atoms with Crippen LogP contribution in [0, 0.1) is 13.8 Å². The molecule has 0 amide bonds. The Balaban J connectivity index is 1.55. The monoisotopic (exact) mass is 490 g/mol. The van der Waals surface area contributed by atoms with Gasteiger partial charge in [-0.2, -0.15) is 0 Å². The van der Waals surface area contributed by atoms with Gasteiger partial charge >= 0.3 is 0 Å². The molecule has 3 aromatic rings. The molecule has 36 heavy (non-hydrogen) atoms. The maximum Gasteiger partial charge on any atom is 0.0553 e. The first-order valence-corrected chi connectivity index (χ1v) is 13.8. The molecule has 182 valence electrons. The standard InChI is InChI=1S/C33H34N2S/c1-21-10-13-27-25(16-21)18-26-17-22(2)11-14-28(26)33(27)24-12-15-32-30(19-24)35(20-23(3)34(4)5)29-8-6-7-9-31(29)36-32/h6-11,13-17,19,23H,12,18,20H2,1-5H3. The van der Waals surface area contributed by atoms with Gasteiger partial charge in [0.2, 0.25) is 0 Å². The van der Waals surface area contributed by atoms with Crippen LogP contribution in [-0.4, -0.2) is 31.6 Å². The highest BCUT2D eigenvalue weighted by atomic mass is 32.2. The van der Waals surface area contributed by atoms with Gasteiger partial charge in [0.25, 0.3) is 0 Å². The van der Waals surface area contributed by atoms with E-state index in [-0.39, 0.29) is 0 Å². The summed E-state index contributed by atoms with van der Waals surface area (Å²) in [6.07, 6.45) is 6.93. The molecule has 0 spiro atoms. The fourth-order valence-corrected chi connectivity index (χ4v) is 6.75. The van der Waals surface area contributed by atoms with Crippen molar-refractivity contribution in [3.8, 4) is 0 Å². The van der Waals surface area contributed by atoms with Gasteiger partial charge in [-0.05, 0) is 99.3 Å². The minimum absolute atomic E-state index is 0.434. The normalized spacial score (nSPS) is 17.1. The van der Waals surface area contributed by atoms with Crippen molar-refractivity contribution in [2.45, 2.75) is 44.6 Å². The van der Waals surface area contributed by atoms with Gasteiger partial charge in [-0.3, -0.25) is 0 Å². The third-order valence-electron chi connectivity index (χ3n) is 7.83. The Labute approximate surface area is 220 Å². The first-order chi connectivity index (χ1) is 17.4. The molecule has 3 aromatic carbocycles. The van der Waals surface area contributed by atoms with E-state index in [0.717, 1.165) is 19.4 Å². The quantitative estimate of drug-likeness (QED) is 0.290. The van der Waals surface area contributed by atoms with Crippen LogP contribution < -0.4 is 4.90 Å². The Bertz CT molecular complexity index is 1400. The maximum absolute atomic E-state index is 2.55. The van der Waals surface area contributed by atoms with Crippen LogP contribution in [0.2, 0.25) is 0 Å². The van der Waals surface area contributed by atoms with Crippen molar-refractivity contribution in [2.24, 2.45) is 0 Å². The average molecular weight is 491 g/mol. The SMILES string of the molecule is Cc1ccc2c(c1)Cc1cc(C)ccc1C2=C1C=C2C(=CC1)Sc1ccccc1N2CC(C)N(C)C. The fraction of sp³-hybridized carbons (Fsp3) is 0.273. The second-order valence-corrected chi connectivity index (χ2v) is 11.8.